The molecule has 0 amide bonds. The van der Waals surface area contributed by atoms with Crippen LogP contribution in [0.5, 0.6) is 0 Å². The summed E-state index contributed by atoms with van der Waals surface area (Å²) in [6.07, 6.45) is 6.34. The highest BCUT2D eigenvalue weighted by atomic mass is 16.3. The van der Waals surface area contributed by atoms with Crippen LogP contribution in [0, 0.1) is 0 Å². The SMILES string of the molecule is CCc1coc2c(NCc3cccnc3)cc(-c3ccccc3)nc12. The van der Waals surface area contributed by atoms with Crippen molar-refractivity contribution in [1.29, 1.82) is 0 Å². The maximum atomic E-state index is 5.81. The highest BCUT2D eigenvalue weighted by Gasteiger charge is 2.14. The van der Waals surface area contributed by atoms with Crippen LogP contribution in [0.15, 0.2) is 71.6 Å². The largest absolute Gasteiger partial charge is 0.460 e. The molecule has 0 spiro atoms. The van der Waals surface area contributed by atoms with Crippen LogP contribution in [0.25, 0.3) is 22.4 Å². The lowest BCUT2D eigenvalue weighted by Crippen LogP contribution is -2.01. The number of anilines is 1. The van der Waals surface area contributed by atoms with E-state index in [9.17, 15) is 0 Å². The van der Waals surface area contributed by atoms with Gasteiger partial charge in [-0.05, 0) is 24.1 Å². The second kappa shape index (κ2) is 6.77. The van der Waals surface area contributed by atoms with Crippen LogP contribution in [-0.2, 0) is 13.0 Å². The number of pyridine rings is 2. The predicted octanol–water partition coefficient (Wildman–Crippen LogP) is 5.06. The third-order valence-corrected chi connectivity index (χ3v) is 4.25. The molecule has 4 rings (SSSR count). The van der Waals surface area contributed by atoms with Crippen molar-refractivity contribution in [2.75, 3.05) is 5.32 Å². The number of benzene rings is 1. The molecule has 0 aliphatic heterocycles. The van der Waals surface area contributed by atoms with Gasteiger partial charge in [0.15, 0.2) is 5.58 Å². The number of aryl methyl sites for hydroxylation is 1. The molecule has 4 nitrogen and oxygen atoms in total. The Kier molecular flexibility index (Phi) is 4.17. The number of aromatic nitrogens is 2. The first kappa shape index (κ1) is 15.4. The summed E-state index contributed by atoms with van der Waals surface area (Å²) in [6, 6.07) is 16.3. The molecule has 3 heterocycles. The summed E-state index contributed by atoms with van der Waals surface area (Å²) in [5, 5.41) is 3.48. The zero-order valence-electron chi connectivity index (χ0n) is 14.1. The fourth-order valence-corrected chi connectivity index (χ4v) is 2.89. The molecule has 0 aliphatic carbocycles. The Morgan fingerprint density at radius 1 is 1.08 bits per heavy atom. The molecular formula is C21H19N3O. The van der Waals surface area contributed by atoms with E-state index in [2.05, 4.69) is 41.5 Å². The van der Waals surface area contributed by atoms with Gasteiger partial charge < -0.3 is 9.73 Å². The molecule has 0 saturated carbocycles. The zero-order chi connectivity index (χ0) is 17.1. The van der Waals surface area contributed by atoms with Crippen molar-refractivity contribution in [3.63, 3.8) is 0 Å². The molecule has 0 saturated heterocycles. The second-order valence-electron chi connectivity index (χ2n) is 5.93. The van der Waals surface area contributed by atoms with E-state index in [1.54, 1.807) is 6.20 Å². The summed E-state index contributed by atoms with van der Waals surface area (Å²) < 4.78 is 5.81. The lowest BCUT2D eigenvalue weighted by atomic mass is 10.1. The normalized spacial score (nSPS) is 10.9. The van der Waals surface area contributed by atoms with E-state index in [0.717, 1.165) is 45.6 Å². The minimum atomic E-state index is 0.684. The molecule has 4 aromatic rings. The third-order valence-electron chi connectivity index (χ3n) is 4.25. The highest BCUT2D eigenvalue weighted by Crippen LogP contribution is 2.31. The van der Waals surface area contributed by atoms with Crippen LogP contribution >= 0.6 is 0 Å². The summed E-state index contributed by atoms with van der Waals surface area (Å²) in [7, 11) is 0. The van der Waals surface area contributed by atoms with E-state index in [4.69, 9.17) is 9.40 Å². The van der Waals surface area contributed by atoms with Crippen LogP contribution in [-0.4, -0.2) is 9.97 Å². The third kappa shape index (κ3) is 3.11. The molecular weight excluding hydrogens is 310 g/mol. The van der Waals surface area contributed by atoms with Crippen LogP contribution in [0.1, 0.15) is 18.1 Å². The fraction of sp³-hybridized carbons (Fsp3) is 0.143. The van der Waals surface area contributed by atoms with Crippen molar-refractivity contribution in [1.82, 2.24) is 9.97 Å². The number of rotatable bonds is 5. The molecule has 4 heteroatoms. The summed E-state index contributed by atoms with van der Waals surface area (Å²) in [5.41, 5.74) is 6.97. The summed E-state index contributed by atoms with van der Waals surface area (Å²) in [4.78, 5) is 9.01. The van der Waals surface area contributed by atoms with Crippen molar-refractivity contribution in [2.45, 2.75) is 19.9 Å². The highest BCUT2D eigenvalue weighted by molar-refractivity contribution is 5.91. The number of nitrogens with zero attached hydrogens (tertiary/aromatic N) is 2. The smallest absolute Gasteiger partial charge is 0.175 e. The van der Waals surface area contributed by atoms with Crippen molar-refractivity contribution >= 4 is 16.8 Å². The van der Waals surface area contributed by atoms with Gasteiger partial charge in [-0.25, -0.2) is 4.98 Å². The van der Waals surface area contributed by atoms with E-state index in [1.807, 2.05) is 36.7 Å². The summed E-state index contributed by atoms with van der Waals surface area (Å²) in [5.74, 6) is 0. The van der Waals surface area contributed by atoms with Gasteiger partial charge >= 0.3 is 0 Å². The van der Waals surface area contributed by atoms with Crippen molar-refractivity contribution in [2.24, 2.45) is 0 Å². The standard InChI is InChI=1S/C21H19N3O/c1-2-16-14-25-21-19(23-13-15-7-6-10-22-12-15)11-18(24-20(16)21)17-8-4-3-5-9-17/h3-12,14H,2,13H2,1H3,(H,23,24). The number of nitrogens with one attached hydrogen (secondary N) is 1. The maximum Gasteiger partial charge on any atom is 0.175 e. The Hall–Kier alpha value is -3.14. The van der Waals surface area contributed by atoms with E-state index in [-0.39, 0.29) is 0 Å². The Balaban J connectivity index is 1.77. The molecule has 1 N–H and O–H groups in total. The van der Waals surface area contributed by atoms with Crippen molar-refractivity contribution < 1.29 is 4.42 Å². The molecule has 0 aliphatic rings. The second-order valence-corrected chi connectivity index (χ2v) is 5.93. The van der Waals surface area contributed by atoms with Gasteiger partial charge in [-0.2, -0.15) is 0 Å². The number of furan rings is 1. The monoisotopic (exact) mass is 329 g/mol. The molecule has 0 fully saturated rings. The van der Waals surface area contributed by atoms with Gasteiger partial charge in [0.2, 0.25) is 0 Å². The predicted molar refractivity (Wildman–Crippen MR) is 100 cm³/mol. The average molecular weight is 329 g/mol. The van der Waals surface area contributed by atoms with Crippen LogP contribution < -0.4 is 5.32 Å². The minimum absolute atomic E-state index is 0.684. The van der Waals surface area contributed by atoms with Gasteiger partial charge in [-0.15, -0.1) is 0 Å². The molecule has 3 aromatic heterocycles. The zero-order valence-corrected chi connectivity index (χ0v) is 14.1. The van der Waals surface area contributed by atoms with E-state index < -0.39 is 0 Å². The number of hydrogen-bond donors (Lipinski definition) is 1. The van der Waals surface area contributed by atoms with Crippen LogP contribution in [0.4, 0.5) is 5.69 Å². The average Bonchev–Trinajstić information content (AvgIpc) is 3.11. The first-order valence-electron chi connectivity index (χ1n) is 8.44. The molecule has 1 aromatic carbocycles. The lowest BCUT2D eigenvalue weighted by molar-refractivity contribution is 0.611. The number of hydrogen-bond acceptors (Lipinski definition) is 4. The molecule has 124 valence electrons. The van der Waals surface area contributed by atoms with Crippen LogP contribution in [0.2, 0.25) is 0 Å². The first-order valence-corrected chi connectivity index (χ1v) is 8.44. The Bertz CT molecular complexity index is 978. The van der Waals surface area contributed by atoms with Gasteiger partial charge in [-0.3, -0.25) is 4.98 Å². The minimum Gasteiger partial charge on any atom is -0.460 e. The first-order chi connectivity index (χ1) is 12.3. The Morgan fingerprint density at radius 2 is 1.96 bits per heavy atom. The molecule has 0 bridgehead atoms. The van der Waals surface area contributed by atoms with Crippen LogP contribution in [0.3, 0.4) is 0 Å². The van der Waals surface area contributed by atoms with Gasteiger partial charge in [-0.1, -0.05) is 43.3 Å². The van der Waals surface area contributed by atoms with Crippen molar-refractivity contribution in [3.8, 4) is 11.3 Å². The van der Waals surface area contributed by atoms with E-state index in [1.165, 1.54) is 0 Å². The quantitative estimate of drug-likeness (QED) is 0.556. The topological polar surface area (TPSA) is 51.0 Å². The fourth-order valence-electron chi connectivity index (χ4n) is 2.89. The van der Waals surface area contributed by atoms with Crippen molar-refractivity contribution in [3.05, 3.63) is 78.3 Å². The van der Waals surface area contributed by atoms with Gasteiger partial charge in [0.1, 0.15) is 5.52 Å². The molecule has 0 unspecified atom stereocenters. The van der Waals surface area contributed by atoms with Gasteiger partial charge in [0, 0.05) is 30.1 Å². The maximum absolute atomic E-state index is 5.81. The number of fused-ring (bicyclic) bond motifs is 1. The van der Waals surface area contributed by atoms with E-state index >= 15 is 0 Å². The molecule has 0 radical (unpaired) electrons. The van der Waals surface area contributed by atoms with Gasteiger partial charge in [0.25, 0.3) is 0 Å². The lowest BCUT2D eigenvalue weighted by Gasteiger charge is -2.10. The summed E-state index contributed by atoms with van der Waals surface area (Å²) >= 11 is 0. The van der Waals surface area contributed by atoms with Gasteiger partial charge in [0.05, 0.1) is 17.6 Å². The molecule has 0 atom stereocenters. The Labute approximate surface area is 146 Å². The van der Waals surface area contributed by atoms with E-state index in [0.29, 0.717) is 6.54 Å². The molecule has 25 heavy (non-hydrogen) atoms. The Morgan fingerprint density at radius 3 is 2.72 bits per heavy atom. The summed E-state index contributed by atoms with van der Waals surface area (Å²) in [6.45, 7) is 2.80.